The second-order valence-electron chi connectivity index (χ2n) is 7.76. The van der Waals surface area contributed by atoms with E-state index in [1.165, 1.54) is 18.4 Å². The van der Waals surface area contributed by atoms with Crippen molar-refractivity contribution < 1.29 is 4.79 Å². The average Bonchev–Trinajstić information content (AvgIpc) is 3.22. The van der Waals surface area contributed by atoms with Crippen LogP contribution in [0.15, 0.2) is 30.3 Å². The Balaban J connectivity index is 1.43. The zero-order chi connectivity index (χ0) is 16.1. The average molecular weight is 314 g/mol. The number of hydrogen-bond acceptors (Lipinski definition) is 2. The van der Waals surface area contributed by atoms with Gasteiger partial charge < -0.3 is 10.2 Å². The first-order valence-corrected chi connectivity index (χ1v) is 9.17. The highest BCUT2D eigenvalue weighted by molar-refractivity contribution is 5.76. The summed E-state index contributed by atoms with van der Waals surface area (Å²) >= 11 is 0. The van der Waals surface area contributed by atoms with Crippen molar-refractivity contribution in [2.45, 2.75) is 45.4 Å². The van der Waals surface area contributed by atoms with Crippen molar-refractivity contribution in [3.8, 4) is 0 Å². The van der Waals surface area contributed by atoms with Gasteiger partial charge in [0.05, 0.1) is 0 Å². The highest BCUT2D eigenvalue weighted by Gasteiger charge is 2.35. The fraction of sp³-hybridized carbons (Fsp3) is 0.650. The minimum atomic E-state index is 0.292. The molecule has 2 aliphatic heterocycles. The van der Waals surface area contributed by atoms with Crippen molar-refractivity contribution in [1.29, 1.82) is 0 Å². The molecular weight excluding hydrogens is 284 g/mol. The van der Waals surface area contributed by atoms with E-state index in [9.17, 15) is 4.79 Å². The highest BCUT2D eigenvalue weighted by Crippen LogP contribution is 2.35. The van der Waals surface area contributed by atoms with Crippen molar-refractivity contribution in [3.05, 3.63) is 35.9 Å². The van der Waals surface area contributed by atoms with E-state index in [0.717, 1.165) is 51.9 Å². The molecule has 1 aromatic carbocycles. The summed E-state index contributed by atoms with van der Waals surface area (Å²) < 4.78 is 0. The molecular formula is C20H30N2O. The van der Waals surface area contributed by atoms with Crippen LogP contribution in [0.5, 0.6) is 0 Å². The Morgan fingerprint density at radius 2 is 2.17 bits per heavy atom. The Hall–Kier alpha value is -1.35. The molecule has 0 radical (unpaired) electrons. The van der Waals surface area contributed by atoms with Crippen LogP contribution in [0.4, 0.5) is 0 Å². The molecule has 3 nitrogen and oxygen atoms in total. The molecule has 1 aromatic rings. The number of nitrogens with one attached hydrogen (secondary N) is 1. The van der Waals surface area contributed by atoms with Gasteiger partial charge in [0.25, 0.3) is 0 Å². The van der Waals surface area contributed by atoms with Gasteiger partial charge in [-0.1, -0.05) is 37.3 Å². The molecule has 2 atom stereocenters. The molecule has 1 N–H and O–H groups in total. The predicted molar refractivity (Wildman–Crippen MR) is 94.3 cm³/mol. The van der Waals surface area contributed by atoms with Crippen molar-refractivity contribution in [2.75, 3.05) is 26.2 Å². The number of hydrogen-bond donors (Lipinski definition) is 1. The van der Waals surface area contributed by atoms with Crippen LogP contribution >= 0.6 is 0 Å². The number of carbonyl (C=O) groups is 1. The molecule has 2 unspecified atom stereocenters. The fourth-order valence-electron chi connectivity index (χ4n) is 3.98. The lowest BCUT2D eigenvalue weighted by Gasteiger charge is -2.25. The summed E-state index contributed by atoms with van der Waals surface area (Å²) in [6, 6.07) is 10.7. The van der Waals surface area contributed by atoms with E-state index in [0.29, 0.717) is 17.2 Å². The maximum absolute atomic E-state index is 12.5. The summed E-state index contributed by atoms with van der Waals surface area (Å²) in [5.74, 6) is 1.09. The molecule has 0 spiro atoms. The van der Waals surface area contributed by atoms with Gasteiger partial charge in [0.1, 0.15) is 0 Å². The fourth-order valence-corrected chi connectivity index (χ4v) is 3.98. The third kappa shape index (κ3) is 4.57. The first-order valence-electron chi connectivity index (χ1n) is 9.17. The summed E-state index contributed by atoms with van der Waals surface area (Å²) in [7, 11) is 0. The van der Waals surface area contributed by atoms with Gasteiger partial charge in [-0.3, -0.25) is 4.79 Å². The van der Waals surface area contributed by atoms with Gasteiger partial charge in [-0.2, -0.15) is 0 Å². The quantitative estimate of drug-likeness (QED) is 0.874. The number of carbonyl (C=O) groups excluding carboxylic acids is 1. The zero-order valence-electron chi connectivity index (χ0n) is 14.4. The number of rotatable bonds is 6. The van der Waals surface area contributed by atoms with Crippen LogP contribution in [-0.2, 0) is 11.2 Å². The summed E-state index contributed by atoms with van der Waals surface area (Å²) in [5, 5.41) is 3.39. The van der Waals surface area contributed by atoms with Crippen LogP contribution in [0.1, 0.15) is 44.6 Å². The van der Waals surface area contributed by atoms with Gasteiger partial charge in [-0.15, -0.1) is 0 Å². The molecule has 1 amide bonds. The van der Waals surface area contributed by atoms with E-state index in [1.807, 2.05) is 0 Å². The second kappa shape index (κ2) is 7.48. The van der Waals surface area contributed by atoms with E-state index >= 15 is 0 Å². The van der Waals surface area contributed by atoms with Crippen LogP contribution in [0.3, 0.4) is 0 Å². The molecule has 0 bridgehead atoms. The highest BCUT2D eigenvalue weighted by atomic mass is 16.2. The van der Waals surface area contributed by atoms with Gasteiger partial charge >= 0.3 is 0 Å². The van der Waals surface area contributed by atoms with Gasteiger partial charge in [-0.05, 0) is 62.1 Å². The molecule has 2 saturated heterocycles. The van der Waals surface area contributed by atoms with E-state index in [4.69, 9.17) is 0 Å². The Labute approximate surface area is 140 Å². The first-order chi connectivity index (χ1) is 11.1. The second-order valence-corrected chi connectivity index (χ2v) is 7.76. The molecule has 0 saturated carbocycles. The third-order valence-corrected chi connectivity index (χ3v) is 5.70. The van der Waals surface area contributed by atoms with Crippen molar-refractivity contribution in [2.24, 2.45) is 11.3 Å². The lowest BCUT2D eigenvalue weighted by molar-refractivity contribution is -0.130. The lowest BCUT2D eigenvalue weighted by atomic mass is 9.83. The maximum Gasteiger partial charge on any atom is 0.222 e. The molecule has 3 heteroatoms. The van der Waals surface area contributed by atoms with E-state index in [2.05, 4.69) is 47.5 Å². The van der Waals surface area contributed by atoms with Crippen molar-refractivity contribution in [1.82, 2.24) is 10.2 Å². The SMILES string of the molecule is CC1(CCc2ccccc2)CCN(C(=O)CCC2CCNC2)C1. The van der Waals surface area contributed by atoms with Gasteiger partial charge in [-0.25, -0.2) is 0 Å². The summed E-state index contributed by atoms with van der Waals surface area (Å²) in [4.78, 5) is 14.6. The first kappa shape index (κ1) is 16.5. The van der Waals surface area contributed by atoms with Crippen LogP contribution in [0, 0.1) is 11.3 Å². The Kier molecular flexibility index (Phi) is 5.37. The summed E-state index contributed by atoms with van der Waals surface area (Å²) in [6.07, 6.45) is 6.48. The molecule has 2 fully saturated rings. The number of likely N-dealkylation sites (tertiary alicyclic amines) is 1. The van der Waals surface area contributed by atoms with Crippen LogP contribution < -0.4 is 5.32 Å². The third-order valence-electron chi connectivity index (χ3n) is 5.70. The normalized spacial score (nSPS) is 27.5. The van der Waals surface area contributed by atoms with Gasteiger partial charge in [0.15, 0.2) is 0 Å². The number of benzene rings is 1. The van der Waals surface area contributed by atoms with E-state index in [1.54, 1.807) is 0 Å². The lowest BCUT2D eigenvalue weighted by Crippen LogP contribution is -2.31. The smallest absolute Gasteiger partial charge is 0.222 e. The van der Waals surface area contributed by atoms with E-state index < -0.39 is 0 Å². The summed E-state index contributed by atoms with van der Waals surface area (Å²) in [6.45, 7) is 6.47. The predicted octanol–water partition coefficient (Wildman–Crippen LogP) is 3.25. The molecule has 2 aliphatic rings. The summed E-state index contributed by atoms with van der Waals surface area (Å²) in [5.41, 5.74) is 1.70. The molecule has 0 aromatic heterocycles. The molecule has 0 aliphatic carbocycles. The molecule has 23 heavy (non-hydrogen) atoms. The van der Waals surface area contributed by atoms with Crippen LogP contribution in [0.25, 0.3) is 0 Å². The van der Waals surface area contributed by atoms with E-state index in [-0.39, 0.29) is 0 Å². The minimum absolute atomic E-state index is 0.292. The topological polar surface area (TPSA) is 32.3 Å². The zero-order valence-corrected chi connectivity index (χ0v) is 14.4. The molecule has 3 rings (SSSR count). The number of amides is 1. The van der Waals surface area contributed by atoms with Crippen LogP contribution in [0.2, 0.25) is 0 Å². The van der Waals surface area contributed by atoms with Gasteiger partial charge in [0.2, 0.25) is 5.91 Å². The minimum Gasteiger partial charge on any atom is -0.342 e. The Bertz CT molecular complexity index is 510. The monoisotopic (exact) mass is 314 g/mol. The number of nitrogens with zero attached hydrogens (tertiary/aromatic N) is 1. The number of aryl methyl sites for hydroxylation is 1. The van der Waals surface area contributed by atoms with Crippen LogP contribution in [-0.4, -0.2) is 37.0 Å². The van der Waals surface area contributed by atoms with Crippen molar-refractivity contribution >= 4 is 5.91 Å². The maximum atomic E-state index is 12.5. The molecule has 2 heterocycles. The largest absolute Gasteiger partial charge is 0.342 e. The van der Waals surface area contributed by atoms with Gasteiger partial charge in [0, 0.05) is 19.5 Å². The van der Waals surface area contributed by atoms with Crippen molar-refractivity contribution in [3.63, 3.8) is 0 Å². The standard InChI is InChI=1S/C20H30N2O/c1-20(11-9-17-5-3-2-4-6-17)12-14-22(16-20)19(23)8-7-18-10-13-21-15-18/h2-6,18,21H,7-16H2,1H3. The Morgan fingerprint density at radius 3 is 2.91 bits per heavy atom. The Morgan fingerprint density at radius 1 is 1.35 bits per heavy atom. The molecule has 126 valence electrons.